The van der Waals surface area contributed by atoms with Crippen LogP contribution in [0, 0.1) is 45.8 Å². The van der Waals surface area contributed by atoms with Gasteiger partial charge in [-0.2, -0.15) is 15.8 Å². The number of methoxy groups -OCH3 is 2. The van der Waals surface area contributed by atoms with Crippen molar-refractivity contribution in [2.75, 3.05) is 20.8 Å². The lowest BCUT2D eigenvalue weighted by molar-refractivity contribution is -0.150. The summed E-state index contributed by atoms with van der Waals surface area (Å²) in [7, 11) is 3.08. The molecule has 2 rings (SSSR count). The highest BCUT2D eigenvalue weighted by Gasteiger charge is 2.38. The van der Waals surface area contributed by atoms with E-state index in [1.807, 2.05) is 6.07 Å². The minimum Gasteiger partial charge on any atom is -0.466 e. The van der Waals surface area contributed by atoms with Gasteiger partial charge in [0.05, 0.1) is 37.2 Å². The minimum atomic E-state index is -0.705. The van der Waals surface area contributed by atoms with Crippen LogP contribution in [0.3, 0.4) is 0 Å². The highest BCUT2D eigenvalue weighted by Crippen LogP contribution is 2.35. The minimum absolute atomic E-state index is 0.000132. The van der Waals surface area contributed by atoms with Gasteiger partial charge in [0.2, 0.25) is 0 Å². The Balaban J connectivity index is 0.000000300. The van der Waals surface area contributed by atoms with Crippen LogP contribution in [-0.2, 0) is 23.8 Å². The number of nitriles is 3. The second kappa shape index (κ2) is 12.3. The number of Topliss-reactive ketones (excluding diaryl/α,β-unsaturated/α-hetero) is 1. The molecule has 8 heteroatoms. The van der Waals surface area contributed by atoms with Crippen molar-refractivity contribution in [2.24, 2.45) is 11.8 Å². The molecule has 0 heterocycles. The Morgan fingerprint density at radius 3 is 1.63 bits per heavy atom. The van der Waals surface area contributed by atoms with Gasteiger partial charge in [-0.3, -0.25) is 9.59 Å². The van der Waals surface area contributed by atoms with E-state index in [9.17, 15) is 9.59 Å². The predicted octanol–water partition coefficient (Wildman–Crippen LogP) is 3.22. The average Bonchev–Trinajstić information content (AvgIpc) is 2.80. The summed E-state index contributed by atoms with van der Waals surface area (Å²) in [4.78, 5) is 22.9. The molecule has 8 nitrogen and oxygen atoms in total. The van der Waals surface area contributed by atoms with Gasteiger partial charge in [-0.25, -0.2) is 0 Å². The van der Waals surface area contributed by atoms with Crippen LogP contribution in [-0.4, -0.2) is 43.8 Å². The second-order valence-electron chi connectivity index (χ2n) is 7.72. The molecule has 0 spiro atoms. The van der Waals surface area contributed by atoms with Gasteiger partial charge in [0.15, 0.2) is 11.2 Å². The Kier molecular flexibility index (Phi) is 10.5. The molecule has 0 saturated heterocycles. The molecule has 2 aliphatic rings. The lowest BCUT2D eigenvalue weighted by Crippen LogP contribution is -2.37. The third-order valence-electron chi connectivity index (χ3n) is 6.10. The van der Waals surface area contributed by atoms with E-state index < -0.39 is 11.2 Å². The predicted molar refractivity (Wildman–Crippen MR) is 106 cm³/mol. The van der Waals surface area contributed by atoms with E-state index >= 15 is 0 Å². The summed E-state index contributed by atoms with van der Waals surface area (Å²) in [6.45, 7) is 2.22. The molecule has 0 radical (unpaired) electrons. The third-order valence-corrected chi connectivity index (χ3v) is 6.10. The zero-order valence-electron chi connectivity index (χ0n) is 18.1. The maximum absolute atomic E-state index is 11.4. The van der Waals surface area contributed by atoms with Crippen molar-refractivity contribution < 1.29 is 23.8 Å². The standard InChI is InChI=1S/C11H14N2O2.C11H17NO3/c1-15-11(8-13)5-2-9(3-6-11)10(14)4-7-12;1-3-15-10(13)9-4-6-11(8-12,14-2)7-5-9/h9H,2-6H2,1H3;9H,3-7H2,1-2H3. The number of hydrogen-bond acceptors (Lipinski definition) is 8. The summed E-state index contributed by atoms with van der Waals surface area (Å²) >= 11 is 0. The second-order valence-corrected chi connectivity index (χ2v) is 7.72. The molecule has 164 valence electrons. The van der Waals surface area contributed by atoms with Crippen LogP contribution < -0.4 is 0 Å². The molecule has 0 aromatic carbocycles. The van der Waals surface area contributed by atoms with Crippen molar-refractivity contribution in [3.63, 3.8) is 0 Å². The molecule has 2 saturated carbocycles. The number of esters is 1. The van der Waals surface area contributed by atoms with Crippen LogP contribution in [0.2, 0.25) is 0 Å². The van der Waals surface area contributed by atoms with Gasteiger partial charge in [-0.15, -0.1) is 0 Å². The molecular formula is C22H31N3O5. The van der Waals surface area contributed by atoms with E-state index in [1.165, 1.54) is 7.11 Å². The molecule has 2 aliphatic carbocycles. The fourth-order valence-corrected chi connectivity index (χ4v) is 3.93. The lowest BCUT2D eigenvalue weighted by atomic mass is 9.77. The van der Waals surface area contributed by atoms with Crippen LogP contribution in [0.1, 0.15) is 64.7 Å². The number of rotatable bonds is 6. The first kappa shape index (κ1) is 25.6. The normalized spacial score (nSPS) is 30.4. The summed E-state index contributed by atoms with van der Waals surface area (Å²) in [5.74, 6) is -0.247. The van der Waals surface area contributed by atoms with Crippen molar-refractivity contribution in [3.05, 3.63) is 0 Å². The van der Waals surface area contributed by atoms with E-state index in [1.54, 1.807) is 14.0 Å². The fourth-order valence-electron chi connectivity index (χ4n) is 3.93. The van der Waals surface area contributed by atoms with Crippen LogP contribution in [0.5, 0.6) is 0 Å². The Bertz CT molecular complexity index is 700. The highest BCUT2D eigenvalue weighted by atomic mass is 16.5. The van der Waals surface area contributed by atoms with Gasteiger partial charge in [-0.1, -0.05) is 0 Å². The molecule has 0 aromatic heterocycles. The molecule has 0 aromatic rings. The first-order chi connectivity index (χ1) is 14.3. The largest absolute Gasteiger partial charge is 0.466 e. The molecule has 0 N–H and O–H groups in total. The summed E-state index contributed by atoms with van der Waals surface area (Å²) in [6.07, 6.45) is 5.05. The monoisotopic (exact) mass is 417 g/mol. The Morgan fingerprint density at radius 1 is 0.867 bits per heavy atom. The van der Waals surface area contributed by atoms with Crippen LogP contribution in [0.25, 0.3) is 0 Å². The van der Waals surface area contributed by atoms with Crippen molar-refractivity contribution in [1.82, 2.24) is 0 Å². The van der Waals surface area contributed by atoms with Crippen molar-refractivity contribution >= 4 is 11.8 Å². The van der Waals surface area contributed by atoms with Gasteiger partial charge in [0.25, 0.3) is 0 Å². The number of ketones is 1. The number of carbonyl (C=O) groups excluding carboxylic acids is 2. The zero-order chi connectivity index (χ0) is 22.6. The number of nitrogens with zero attached hydrogens (tertiary/aromatic N) is 3. The van der Waals surface area contributed by atoms with Gasteiger partial charge in [-0.05, 0) is 58.3 Å². The van der Waals surface area contributed by atoms with E-state index in [2.05, 4.69) is 12.1 Å². The first-order valence-electron chi connectivity index (χ1n) is 10.3. The maximum atomic E-state index is 11.4. The number of carbonyl (C=O) groups is 2. The molecule has 0 amide bonds. The van der Waals surface area contributed by atoms with Gasteiger partial charge < -0.3 is 14.2 Å². The Labute approximate surface area is 178 Å². The van der Waals surface area contributed by atoms with E-state index in [0.29, 0.717) is 58.0 Å². The summed E-state index contributed by atoms with van der Waals surface area (Å²) in [5, 5.41) is 26.4. The Hall–Kier alpha value is -2.47. The molecular weight excluding hydrogens is 386 g/mol. The summed E-state index contributed by atoms with van der Waals surface area (Å²) in [5.41, 5.74) is -1.38. The van der Waals surface area contributed by atoms with Gasteiger partial charge in [0, 0.05) is 20.1 Å². The van der Waals surface area contributed by atoms with E-state index in [-0.39, 0.29) is 30.0 Å². The van der Waals surface area contributed by atoms with E-state index in [0.717, 1.165) is 0 Å². The van der Waals surface area contributed by atoms with Crippen molar-refractivity contribution in [3.8, 4) is 18.2 Å². The smallest absolute Gasteiger partial charge is 0.308 e. The maximum Gasteiger partial charge on any atom is 0.308 e. The zero-order valence-corrected chi connectivity index (χ0v) is 18.1. The van der Waals surface area contributed by atoms with Crippen LogP contribution in [0.4, 0.5) is 0 Å². The molecule has 0 bridgehead atoms. The topological polar surface area (TPSA) is 133 Å². The van der Waals surface area contributed by atoms with Gasteiger partial charge in [0.1, 0.15) is 5.78 Å². The van der Waals surface area contributed by atoms with Crippen LogP contribution in [0.15, 0.2) is 0 Å². The number of hydrogen-bond donors (Lipinski definition) is 0. The van der Waals surface area contributed by atoms with Crippen molar-refractivity contribution in [1.29, 1.82) is 15.8 Å². The lowest BCUT2D eigenvalue weighted by Gasteiger charge is -2.32. The van der Waals surface area contributed by atoms with Crippen molar-refractivity contribution in [2.45, 2.75) is 75.9 Å². The molecule has 0 aliphatic heterocycles. The molecule has 2 fully saturated rings. The SMILES string of the molecule is CCOC(=O)C1CCC(C#N)(OC)CC1.COC1(C#N)CCC(C(=O)CC#N)CC1. The number of ether oxygens (including phenoxy) is 3. The molecule has 0 unspecified atom stereocenters. The van der Waals surface area contributed by atoms with E-state index in [4.69, 9.17) is 30.0 Å². The quantitative estimate of drug-likeness (QED) is 0.601. The van der Waals surface area contributed by atoms with Gasteiger partial charge >= 0.3 is 5.97 Å². The molecule has 0 atom stereocenters. The molecule has 30 heavy (non-hydrogen) atoms. The first-order valence-corrected chi connectivity index (χ1v) is 10.3. The highest BCUT2D eigenvalue weighted by molar-refractivity contribution is 5.82. The summed E-state index contributed by atoms with van der Waals surface area (Å²) < 4.78 is 15.3. The van der Waals surface area contributed by atoms with Crippen LogP contribution >= 0.6 is 0 Å². The summed E-state index contributed by atoms with van der Waals surface area (Å²) in [6, 6.07) is 6.21. The average molecular weight is 418 g/mol. The Morgan fingerprint density at radius 2 is 1.30 bits per heavy atom. The third kappa shape index (κ3) is 6.80. The fraction of sp³-hybridized carbons (Fsp3) is 0.773.